The van der Waals surface area contributed by atoms with E-state index in [2.05, 4.69) is 31.9 Å². The van der Waals surface area contributed by atoms with Crippen molar-refractivity contribution in [3.8, 4) is 0 Å². The first-order chi connectivity index (χ1) is 23.8. The van der Waals surface area contributed by atoms with Gasteiger partial charge in [-0.25, -0.2) is 0 Å². The third-order valence-corrected chi connectivity index (χ3v) is 7.58. The van der Waals surface area contributed by atoms with Crippen molar-refractivity contribution in [2.45, 2.75) is 94.9 Å². The Morgan fingerprint density at radius 1 is 0.700 bits per heavy atom. The minimum atomic E-state index is -1.26. The standard InChI is InChI=1S/C32H55N11O7/c1-20(27(46)39-19-26(44)45)40-29(48)25(14-9-17-38-32(36)37)43-31(50)24(13-6-8-16-34)42-30(49)23(12-5-7-15-33)41-28(47)22(35)18-21-10-3-2-4-11-21/h2-4,10-11,20,22-25H,5-9,12-19,33-35H2,1H3,(H,39,46)(H,40,48)(H,41,47)(H,42,49)(H,43,50)(H,44,45)(H4,36,37,38). The first-order valence-corrected chi connectivity index (χ1v) is 16.8. The number of aliphatic carboxylic acids is 1. The van der Waals surface area contributed by atoms with Gasteiger partial charge in [-0.3, -0.25) is 34.2 Å². The minimum absolute atomic E-state index is 0.0574. The maximum Gasteiger partial charge on any atom is 0.322 e. The van der Waals surface area contributed by atoms with Gasteiger partial charge in [-0.15, -0.1) is 0 Å². The van der Waals surface area contributed by atoms with Crippen LogP contribution in [0.15, 0.2) is 30.3 Å². The number of nitrogens with one attached hydrogen (secondary N) is 7. The number of carbonyl (C=O) groups excluding carboxylic acids is 5. The second-order valence-electron chi connectivity index (χ2n) is 11.9. The molecule has 0 radical (unpaired) electrons. The molecule has 280 valence electrons. The summed E-state index contributed by atoms with van der Waals surface area (Å²) in [5.41, 5.74) is 23.7. The first kappa shape index (κ1) is 43.2. The Morgan fingerprint density at radius 2 is 1.18 bits per heavy atom. The number of hydrogen-bond donors (Lipinski definition) is 12. The maximum atomic E-state index is 13.7. The van der Waals surface area contributed by atoms with Crippen LogP contribution in [0.3, 0.4) is 0 Å². The maximum absolute atomic E-state index is 13.7. The van der Waals surface area contributed by atoms with Gasteiger partial charge in [-0.2, -0.15) is 0 Å². The molecule has 0 spiro atoms. The molecule has 5 atom stereocenters. The Labute approximate surface area is 292 Å². The van der Waals surface area contributed by atoms with Gasteiger partial charge in [0.05, 0.1) is 6.04 Å². The molecule has 0 aliphatic heterocycles. The Morgan fingerprint density at radius 3 is 1.66 bits per heavy atom. The summed E-state index contributed by atoms with van der Waals surface area (Å²) in [5, 5.41) is 31.5. The smallest absolute Gasteiger partial charge is 0.322 e. The van der Waals surface area contributed by atoms with E-state index in [-0.39, 0.29) is 44.6 Å². The zero-order valence-corrected chi connectivity index (χ0v) is 28.7. The van der Waals surface area contributed by atoms with Crippen LogP contribution in [0.1, 0.15) is 63.9 Å². The number of carbonyl (C=O) groups is 6. The number of nitrogens with two attached hydrogens (primary N) is 4. The monoisotopic (exact) mass is 705 g/mol. The normalized spacial score (nSPS) is 13.8. The summed E-state index contributed by atoms with van der Waals surface area (Å²) in [5.74, 6) is -4.87. The van der Waals surface area contributed by atoms with Crippen LogP contribution in [0.5, 0.6) is 0 Å². The van der Waals surface area contributed by atoms with E-state index in [1.807, 2.05) is 30.3 Å². The Hall–Kier alpha value is -4.81. The van der Waals surface area contributed by atoms with Crippen LogP contribution in [0.2, 0.25) is 0 Å². The Balaban J connectivity index is 3.14. The molecule has 16 N–H and O–H groups in total. The molecule has 0 aromatic heterocycles. The largest absolute Gasteiger partial charge is 0.480 e. The van der Waals surface area contributed by atoms with Crippen molar-refractivity contribution in [3.63, 3.8) is 0 Å². The summed E-state index contributed by atoms with van der Waals surface area (Å²) in [6.45, 7) is 1.64. The second kappa shape index (κ2) is 24.3. The van der Waals surface area contributed by atoms with Crippen LogP contribution in [0.4, 0.5) is 0 Å². The number of benzene rings is 1. The summed E-state index contributed by atoms with van der Waals surface area (Å²) in [6, 6.07) is 3.78. The SMILES string of the molecule is CC(NC(=O)C(CCCNC(=N)N)NC(=O)C(CCCCN)NC(=O)C(CCCCN)NC(=O)C(N)Cc1ccccc1)C(=O)NCC(=O)O. The summed E-state index contributed by atoms with van der Waals surface area (Å²) in [6.07, 6.45) is 3.11. The van der Waals surface area contributed by atoms with Crippen molar-refractivity contribution in [1.82, 2.24) is 31.9 Å². The van der Waals surface area contributed by atoms with E-state index in [1.54, 1.807) is 0 Å². The third kappa shape index (κ3) is 18.1. The van der Waals surface area contributed by atoms with Gasteiger partial charge in [-0.05, 0) is 83.4 Å². The summed E-state index contributed by atoms with van der Waals surface area (Å²) < 4.78 is 0. The molecular weight excluding hydrogens is 650 g/mol. The van der Waals surface area contributed by atoms with Crippen LogP contribution >= 0.6 is 0 Å². The topological polar surface area (TPSA) is 323 Å². The van der Waals surface area contributed by atoms with Gasteiger partial charge in [0.2, 0.25) is 29.5 Å². The van der Waals surface area contributed by atoms with E-state index < -0.39 is 72.3 Å². The highest BCUT2D eigenvalue weighted by Crippen LogP contribution is 2.09. The van der Waals surface area contributed by atoms with Gasteiger partial charge < -0.3 is 59.9 Å². The van der Waals surface area contributed by atoms with Crippen molar-refractivity contribution >= 4 is 41.5 Å². The van der Waals surface area contributed by atoms with E-state index in [1.165, 1.54) is 6.92 Å². The molecule has 1 rings (SSSR count). The molecule has 0 heterocycles. The highest BCUT2D eigenvalue weighted by Gasteiger charge is 2.31. The first-order valence-electron chi connectivity index (χ1n) is 16.8. The van der Waals surface area contributed by atoms with Gasteiger partial charge in [0.25, 0.3) is 0 Å². The predicted molar refractivity (Wildman–Crippen MR) is 187 cm³/mol. The Kier molecular flexibility index (Phi) is 21.0. The molecule has 0 aliphatic carbocycles. The van der Waals surface area contributed by atoms with Gasteiger partial charge in [0.1, 0.15) is 30.7 Å². The second-order valence-corrected chi connectivity index (χ2v) is 11.9. The van der Waals surface area contributed by atoms with Crippen molar-refractivity contribution in [2.75, 3.05) is 26.2 Å². The van der Waals surface area contributed by atoms with E-state index in [9.17, 15) is 28.8 Å². The van der Waals surface area contributed by atoms with Gasteiger partial charge in [0, 0.05) is 6.54 Å². The highest BCUT2D eigenvalue weighted by molar-refractivity contribution is 5.96. The highest BCUT2D eigenvalue weighted by atomic mass is 16.4. The molecule has 0 saturated carbocycles. The fraction of sp³-hybridized carbons (Fsp3) is 0.594. The summed E-state index contributed by atoms with van der Waals surface area (Å²) in [4.78, 5) is 76.7. The number of carboxylic acid groups (broad SMARTS) is 1. The lowest BCUT2D eigenvalue weighted by Crippen LogP contribution is -2.58. The summed E-state index contributed by atoms with van der Waals surface area (Å²) in [7, 11) is 0. The molecule has 0 bridgehead atoms. The van der Waals surface area contributed by atoms with E-state index in [4.69, 9.17) is 33.5 Å². The van der Waals surface area contributed by atoms with E-state index in [0.29, 0.717) is 38.8 Å². The number of amides is 5. The van der Waals surface area contributed by atoms with Gasteiger partial charge in [0.15, 0.2) is 5.96 Å². The average molecular weight is 706 g/mol. The van der Waals surface area contributed by atoms with Crippen molar-refractivity contribution in [2.24, 2.45) is 22.9 Å². The van der Waals surface area contributed by atoms with Crippen LogP contribution in [-0.2, 0) is 35.2 Å². The molecule has 5 amide bonds. The Bertz CT molecular complexity index is 1250. The van der Waals surface area contributed by atoms with Crippen molar-refractivity contribution in [1.29, 1.82) is 5.41 Å². The molecular formula is C32H55N11O7. The van der Waals surface area contributed by atoms with E-state index >= 15 is 0 Å². The number of unbranched alkanes of at least 4 members (excludes halogenated alkanes) is 2. The van der Waals surface area contributed by atoms with Crippen LogP contribution < -0.4 is 54.8 Å². The van der Waals surface area contributed by atoms with Gasteiger partial charge >= 0.3 is 5.97 Å². The molecule has 1 aromatic carbocycles. The molecule has 50 heavy (non-hydrogen) atoms. The van der Waals surface area contributed by atoms with Crippen LogP contribution in [0.25, 0.3) is 0 Å². The molecule has 0 aliphatic rings. The minimum Gasteiger partial charge on any atom is -0.480 e. The quantitative estimate of drug-likeness (QED) is 0.0280. The zero-order chi connectivity index (χ0) is 37.5. The van der Waals surface area contributed by atoms with Crippen LogP contribution in [-0.4, -0.2) is 103 Å². The summed E-state index contributed by atoms with van der Waals surface area (Å²) >= 11 is 0. The molecule has 18 nitrogen and oxygen atoms in total. The number of carboxylic acids is 1. The van der Waals surface area contributed by atoms with E-state index in [0.717, 1.165) is 5.56 Å². The lowest BCUT2D eigenvalue weighted by Gasteiger charge is -2.26. The number of guanidine groups is 1. The molecule has 0 fully saturated rings. The van der Waals surface area contributed by atoms with Crippen LogP contribution in [0, 0.1) is 5.41 Å². The molecule has 1 aromatic rings. The zero-order valence-electron chi connectivity index (χ0n) is 28.7. The number of rotatable bonds is 25. The number of hydrogen-bond acceptors (Lipinski definition) is 10. The predicted octanol–water partition coefficient (Wildman–Crippen LogP) is -2.76. The lowest BCUT2D eigenvalue weighted by atomic mass is 10.0. The van der Waals surface area contributed by atoms with Gasteiger partial charge in [-0.1, -0.05) is 30.3 Å². The third-order valence-electron chi connectivity index (χ3n) is 7.58. The fourth-order valence-electron chi connectivity index (χ4n) is 4.80. The molecule has 5 unspecified atom stereocenters. The average Bonchev–Trinajstić information content (AvgIpc) is 3.07. The molecule has 18 heteroatoms. The molecule has 0 saturated heterocycles. The van der Waals surface area contributed by atoms with Crippen molar-refractivity contribution < 1.29 is 33.9 Å². The lowest BCUT2D eigenvalue weighted by molar-refractivity contribution is -0.138. The van der Waals surface area contributed by atoms with Crippen molar-refractivity contribution in [3.05, 3.63) is 35.9 Å². The fourth-order valence-corrected chi connectivity index (χ4v) is 4.80.